The third kappa shape index (κ3) is 2.65. The van der Waals surface area contributed by atoms with Gasteiger partial charge in [-0.25, -0.2) is 0 Å². The van der Waals surface area contributed by atoms with Crippen LogP contribution >= 0.6 is 0 Å². The number of hydrogen-bond donors (Lipinski definition) is 1. The molecular formula is C13H15N7O. The summed E-state index contributed by atoms with van der Waals surface area (Å²) in [7, 11) is 0. The second kappa shape index (κ2) is 5.41. The van der Waals surface area contributed by atoms with Gasteiger partial charge in [-0.1, -0.05) is 16.4 Å². The second-order valence-corrected chi connectivity index (χ2v) is 4.76. The van der Waals surface area contributed by atoms with E-state index in [-0.39, 0.29) is 0 Å². The molecule has 3 aromatic heterocycles. The Balaban J connectivity index is 1.91. The number of pyridine rings is 1. The summed E-state index contributed by atoms with van der Waals surface area (Å²) in [5.74, 6) is 0.755. The van der Waals surface area contributed by atoms with Crippen molar-refractivity contribution in [2.45, 2.75) is 20.4 Å². The van der Waals surface area contributed by atoms with Crippen LogP contribution in [0.3, 0.4) is 0 Å². The van der Waals surface area contributed by atoms with Gasteiger partial charge in [0.1, 0.15) is 5.69 Å². The molecule has 0 saturated carbocycles. The van der Waals surface area contributed by atoms with Crippen LogP contribution in [0.2, 0.25) is 0 Å². The fourth-order valence-corrected chi connectivity index (χ4v) is 2.01. The summed E-state index contributed by atoms with van der Waals surface area (Å²) in [5.41, 5.74) is 8.77. The molecule has 8 heteroatoms. The summed E-state index contributed by atoms with van der Waals surface area (Å²) in [5, 5.41) is 11.9. The first-order valence-corrected chi connectivity index (χ1v) is 6.55. The third-order valence-electron chi connectivity index (χ3n) is 2.97. The van der Waals surface area contributed by atoms with E-state index in [1.54, 1.807) is 17.1 Å². The van der Waals surface area contributed by atoms with E-state index >= 15 is 0 Å². The SMILES string of the molecule is Cc1cnc(-c2noc(-c3cn(CCN)nn3)n2)c(C)c1. The van der Waals surface area contributed by atoms with E-state index in [1.165, 1.54) is 0 Å². The molecule has 0 saturated heterocycles. The highest BCUT2D eigenvalue weighted by Gasteiger charge is 2.16. The molecule has 0 unspecified atom stereocenters. The van der Waals surface area contributed by atoms with Gasteiger partial charge in [-0.05, 0) is 25.0 Å². The molecule has 3 heterocycles. The van der Waals surface area contributed by atoms with E-state index in [0.29, 0.717) is 36.2 Å². The first-order chi connectivity index (χ1) is 10.2. The molecule has 0 amide bonds. The van der Waals surface area contributed by atoms with Crippen LogP contribution in [0.15, 0.2) is 23.0 Å². The zero-order valence-corrected chi connectivity index (χ0v) is 11.8. The maximum atomic E-state index is 5.47. The van der Waals surface area contributed by atoms with Gasteiger partial charge in [0.2, 0.25) is 5.82 Å². The van der Waals surface area contributed by atoms with Gasteiger partial charge in [-0.15, -0.1) is 5.10 Å². The average Bonchev–Trinajstić information content (AvgIpc) is 3.08. The summed E-state index contributed by atoms with van der Waals surface area (Å²) >= 11 is 0. The molecule has 0 atom stereocenters. The van der Waals surface area contributed by atoms with Gasteiger partial charge < -0.3 is 10.3 Å². The van der Waals surface area contributed by atoms with Crippen LogP contribution in [-0.4, -0.2) is 36.7 Å². The molecule has 2 N–H and O–H groups in total. The van der Waals surface area contributed by atoms with Gasteiger partial charge in [0.05, 0.1) is 12.7 Å². The Kier molecular flexibility index (Phi) is 3.44. The van der Waals surface area contributed by atoms with E-state index in [4.69, 9.17) is 10.3 Å². The highest BCUT2D eigenvalue weighted by molar-refractivity contribution is 5.57. The average molecular weight is 285 g/mol. The first-order valence-electron chi connectivity index (χ1n) is 6.55. The van der Waals surface area contributed by atoms with Gasteiger partial charge in [0.25, 0.3) is 5.89 Å². The van der Waals surface area contributed by atoms with Crippen LogP contribution in [0.4, 0.5) is 0 Å². The molecule has 0 aliphatic carbocycles. The Bertz CT molecular complexity index is 761. The van der Waals surface area contributed by atoms with Crippen molar-refractivity contribution in [2.75, 3.05) is 6.54 Å². The summed E-state index contributed by atoms with van der Waals surface area (Å²) in [6.45, 7) is 5.03. The van der Waals surface area contributed by atoms with Crippen molar-refractivity contribution in [2.24, 2.45) is 5.73 Å². The highest BCUT2D eigenvalue weighted by Crippen LogP contribution is 2.21. The molecule has 0 radical (unpaired) electrons. The fraction of sp³-hybridized carbons (Fsp3) is 0.308. The monoisotopic (exact) mass is 285 g/mol. The number of nitrogens with zero attached hydrogens (tertiary/aromatic N) is 6. The lowest BCUT2D eigenvalue weighted by Crippen LogP contribution is -2.10. The fourth-order valence-electron chi connectivity index (χ4n) is 2.01. The summed E-state index contributed by atoms with van der Waals surface area (Å²) in [6, 6.07) is 2.02. The van der Waals surface area contributed by atoms with Crippen molar-refractivity contribution in [3.05, 3.63) is 29.6 Å². The summed E-state index contributed by atoms with van der Waals surface area (Å²) < 4.78 is 6.87. The van der Waals surface area contributed by atoms with Gasteiger partial charge >= 0.3 is 0 Å². The predicted octanol–water partition coefficient (Wildman–Crippen LogP) is 0.966. The van der Waals surface area contributed by atoms with Gasteiger partial charge in [-0.2, -0.15) is 4.98 Å². The molecule has 21 heavy (non-hydrogen) atoms. The van der Waals surface area contributed by atoms with Crippen LogP contribution in [0.25, 0.3) is 23.1 Å². The lowest BCUT2D eigenvalue weighted by molar-refractivity contribution is 0.430. The molecule has 3 aromatic rings. The normalized spacial score (nSPS) is 11.0. The lowest BCUT2D eigenvalue weighted by Gasteiger charge is -2.00. The van der Waals surface area contributed by atoms with E-state index in [9.17, 15) is 0 Å². The molecule has 0 fully saturated rings. The van der Waals surface area contributed by atoms with Crippen LogP contribution in [-0.2, 0) is 6.54 Å². The van der Waals surface area contributed by atoms with E-state index in [0.717, 1.165) is 11.1 Å². The largest absolute Gasteiger partial charge is 0.332 e. The van der Waals surface area contributed by atoms with Gasteiger partial charge in [-0.3, -0.25) is 9.67 Å². The minimum Gasteiger partial charge on any atom is -0.332 e. The standard InChI is InChI=1S/C13H15N7O/c1-8-5-9(2)11(15-6-8)12-16-13(21-18-12)10-7-20(4-3-14)19-17-10/h5-7H,3-4,14H2,1-2H3. The second-order valence-electron chi connectivity index (χ2n) is 4.76. The first kappa shape index (κ1) is 13.4. The molecule has 0 bridgehead atoms. The summed E-state index contributed by atoms with van der Waals surface area (Å²) in [6.07, 6.45) is 3.50. The van der Waals surface area contributed by atoms with E-state index in [1.807, 2.05) is 19.9 Å². The van der Waals surface area contributed by atoms with Crippen LogP contribution in [0.5, 0.6) is 0 Å². The predicted molar refractivity (Wildman–Crippen MR) is 75.1 cm³/mol. The third-order valence-corrected chi connectivity index (χ3v) is 2.97. The lowest BCUT2D eigenvalue weighted by atomic mass is 10.1. The van der Waals surface area contributed by atoms with Crippen molar-refractivity contribution < 1.29 is 4.52 Å². The summed E-state index contributed by atoms with van der Waals surface area (Å²) in [4.78, 5) is 8.67. The number of aryl methyl sites for hydroxylation is 2. The van der Waals surface area contributed by atoms with Crippen molar-refractivity contribution in [1.82, 2.24) is 30.1 Å². The Morgan fingerprint density at radius 1 is 1.33 bits per heavy atom. The maximum Gasteiger partial charge on any atom is 0.280 e. The van der Waals surface area contributed by atoms with Crippen LogP contribution in [0, 0.1) is 13.8 Å². The minimum absolute atomic E-state index is 0.315. The topological polar surface area (TPSA) is 109 Å². The van der Waals surface area contributed by atoms with Crippen molar-refractivity contribution in [3.8, 4) is 23.1 Å². The van der Waals surface area contributed by atoms with Crippen molar-refractivity contribution in [3.63, 3.8) is 0 Å². The number of aromatic nitrogens is 6. The van der Waals surface area contributed by atoms with Crippen LogP contribution in [0.1, 0.15) is 11.1 Å². The van der Waals surface area contributed by atoms with Gasteiger partial charge in [0.15, 0.2) is 5.69 Å². The zero-order chi connectivity index (χ0) is 14.8. The molecule has 0 aliphatic rings. The Morgan fingerprint density at radius 3 is 2.95 bits per heavy atom. The Morgan fingerprint density at radius 2 is 2.19 bits per heavy atom. The van der Waals surface area contributed by atoms with Crippen LogP contribution < -0.4 is 5.73 Å². The molecule has 3 rings (SSSR count). The van der Waals surface area contributed by atoms with Crippen molar-refractivity contribution >= 4 is 0 Å². The smallest absolute Gasteiger partial charge is 0.280 e. The quantitative estimate of drug-likeness (QED) is 0.760. The van der Waals surface area contributed by atoms with E-state index in [2.05, 4.69) is 25.4 Å². The molecule has 108 valence electrons. The highest BCUT2D eigenvalue weighted by atomic mass is 16.5. The van der Waals surface area contributed by atoms with E-state index < -0.39 is 0 Å². The minimum atomic E-state index is 0.315. The Labute approximate surface area is 121 Å². The molecule has 0 spiro atoms. The molecule has 8 nitrogen and oxygen atoms in total. The number of rotatable bonds is 4. The number of hydrogen-bond acceptors (Lipinski definition) is 7. The maximum absolute atomic E-state index is 5.47. The van der Waals surface area contributed by atoms with Crippen molar-refractivity contribution in [1.29, 1.82) is 0 Å². The number of nitrogens with two attached hydrogens (primary N) is 1. The molecule has 0 aliphatic heterocycles. The molecular weight excluding hydrogens is 270 g/mol. The Hall–Kier alpha value is -2.61. The molecule has 0 aromatic carbocycles. The zero-order valence-electron chi connectivity index (χ0n) is 11.8. The van der Waals surface area contributed by atoms with Gasteiger partial charge in [0, 0.05) is 12.7 Å².